The van der Waals surface area contributed by atoms with E-state index in [9.17, 15) is 18.0 Å². The van der Waals surface area contributed by atoms with Crippen LogP contribution in [0, 0.1) is 0 Å². The highest BCUT2D eigenvalue weighted by Crippen LogP contribution is 2.34. The van der Waals surface area contributed by atoms with E-state index in [-0.39, 0.29) is 24.2 Å². The van der Waals surface area contributed by atoms with E-state index < -0.39 is 11.7 Å². The highest BCUT2D eigenvalue weighted by molar-refractivity contribution is 5.76. The van der Waals surface area contributed by atoms with E-state index >= 15 is 0 Å². The average molecular weight is 537 g/mol. The minimum atomic E-state index is -4.61. The van der Waals surface area contributed by atoms with E-state index in [0.717, 1.165) is 43.8 Å². The molecule has 208 valence electrons. The summed E-state index contributed by atoms with van der Waals surface area (Å²) in [5.41, 5.74) is 0.678. The predicted molar refractivity (Wildman–Crippen MR) is 139 cm³/mol. The van der Waals surface area contributed by atoms with Gasteiger partial charge in [-0.2, -0.15) is 18.2 Å². The van der Waals surface area contributed by atoms with Crippen molar-refractivity contribution in [3.8, 4) is 0 Å². The molecule has 0 aliphatic carbocycles. The van der Waals surface area contributed by atoms with Gasteiger partial charge in [0.05, 0.1) is 31.5 Å². The number of carbonyl (C=O) groups excluding carboxylic acids is 1. The number of halogens is 3. The first kappa shape index (κ1) is 27.8. The van der Waals surface area contributed by atoms with E-state index in [2.05, 4.69) is 42.4 Å². The molecule has 0 saturated carbocycles. The van der Waals surface area contributed by atoms with Gasteiger partial charge in [0.25, 0.3) is 0 Å². The highest BCUT2D eigenvalue weighted by atomic mass is 19.4. The number of hydrogen-bond acceptors (Lipinski definition) is 9. The molecule has 10 nitrogen and oxygen atoms in total. The van der Waals surface area contributed by atoms with Gasteiger partial charge in [0.15, 0.2) is 0 Å². The van der Waals surface area contributed by atoms with Crippen LogP contribution in [0.1, 0.15) is 30.9 Å². The zero-order chi connectivity index (χ0) is 27.1. The maximum absolute atomic E-state index is 13.6. The second-order valence-electron chi connectivity index (χ2n) is 9.45. The number of carbonyl (C=O) groups is 1. The van der Waals surface area contributed by atoms with Crippen LogP contribution in [0.5, 0.6) is 0 Å². The van der Waals surface area contributed by atoms with Crippen molar-refractivity contribution in [2.24, 2.45) is 0 Å². The number of ether oxygens (including phenoxy) is 1. The lowest BCUT2D eigenvalue weighted by atomic mass is 10.1. The largest absolute Gasteiger partial charge is 0.421 e. The number of rotatable bonds is 9. The van der Waals surface area contributed by atoms with Crippen molar-refractivity contribution in [1.82, 2.24) is 24.8 Å². The lowest BCUT2D eigenvalue weighted by Gasteiger charge is -2.33. The molecule has 1 amide bonds. The summed E-state index contributed by atoms with van der Waals surface area (Å²) in [7, 11) is 2.09. The van der Waals surface area contributed by atoms with E-state index in [1.54, 1.807) is 11.1 Å². The molecule has 2 aromatic heterocycles. The van der Waals surface area contributed by atoms with Gasteiger partial charge in [-0.1, -0.05) is 6.92 Å². The molecular weight excluding hydrogens is 501 g/mol. The van der Waals surface area contributed by atoms with Gasteiger partial charge in [0, 0.05) is 52.0 Å². The average Bonchev–Trinajstić information content (AvgIpc) is 3.10. The molecule has 2 aliphatic heterocycles. The number of amides is 1. The predicted octanol–water partition coefficient (Wildman–Crippen LogP) is 3.00. The van der Waals surface area contributed by atoms with E-state index in [1.807, 2.05) is 13.0 Å². The Hall–Kier alpha value is -3.19. The van der Waals surface area contributed by atoms with Crippen molar-refractivity contribution in [3.63, 3.8) is 0 Å². The Kier molecular flexibility index (Phi) is 9.21. The molecule has 0 atom stereocenters. The zero-order valence-electron chi connectivity index (χ0n) is 21.9. The van der Waals surface area contributed by atoms with Crippen LogP contribution >= 0.6 is 0 Å². The maximum atomic E-state index is 13.6. The monoisotopic (exact) mass is 536 g/mol. The molecule has 4 rings (SSSR count). The van der Waals surface area contributed by atoms with Crippen LogP contribution in [0.4, 0.5) is 36.4 Å². The van der Waals surface area contributed by atoms with Crippen molar-refractivity contribution in [2.45, 2.75) is 32.4 Å². The fraction of sp³-hybridized carbons (Fsp3) is 0.600. The number of piperazine rings is 1. The second kappa shape index (κ2) is 12.6. The number of nitrogens with zero attached hydrogens (tertiary/aromatic N) is 6. The van der Waals surface area contributed by atoms with Gasteiger partial charge in [0.2, 0.25) is 11.9 Å². The topological polar surface area (TPSA) is 98.8 Å². The standard InChI is InChI=1S/C25H35F3N8O2/c1-3-18-15-21(35-10-8-34(2)9-11-35)30-17-20(18)32-24-31-16-19(25(26,27)28)23(33-24)29-6-4-7-36-12-14-38-13-5-22(36)37/h15-17H,3-14H2,1-2H3,(H2,29,31,32,33). The summed E-state index contributed by atoms with van der Waals surface area (Å²) >= 11 is 0. The van der Waals surface area contributed by atoms with Gasteiger partial charge >= 0.3 is 6.18 Å². The Labute approximate surface area is 220 Å². The van der Waals surface area contributed by atoms with Gasteiger partial charge in [-0.05, 0) is 31.5 Å². The molecule has 38 heavy (non-hydrogen) atoms. The Morgan fingerprint density at radius 3 is 2.61 bits per heavy atom. The van der Waals surface area contributed by atoms with Crippen LogP contribution in [-0.2, 0) is 22.1 Å². The van der Waals surface area contributed by atoms with Crippen molar-refractivity contribution in [1.29, 1.82) is 0 Å². The van der Waals surface area contributed by atoms with Gasteiger partial charge in [-0.3, -0.25) is 4.79 Å². The van der Waals surface area contributed by atoms with Crippen LogP contribution in [0.2, 0.25) is 0 Å². The Morgan fingerprint density at radius 2 is 1.87 bits per heavy atom. The number of likely N-dealkylation sites (N-methyl/N-ethyl adjacent to an activating group) is 1. The molecule has 2 aliphatic rings. The molecule has 0 unspecified atom stereocenters. The Bertz CT molecular complexity index is 1090. The van der Waals surface area contributed by atoms with Crippen molar-refractivity contribution in [2.75, 3.05) is 81.6 Å². The first-order chi connectivity index (χ1) is 18.2. The number of aromatic nitrogens is 3. The summed E-state index contributed by atoms with van der Waals surface area (Å²) in [5.74, 6) is 0.612. The molecule has 0 spiro atoms. The first-order valence-electron chi connectivity index (χ1n) is 13.0. The van der Waals surface area contributed by atoms with E-state index in [0.29, 0.717) is 51.3 Å². The summed E-state index contributed by atoms with van der Waals surface area (Å²) in [4.78, 5) is 30.9. The smallest absolute Gasteiger partial charge is 0.379 e. The Morgan fingerprint density at radius 1 is 1.08 bits per heavy atom. The molecule has 0 radical (unpaired) electrons. The van der Waals surface area contributed by atoms with Crippen molar-refractivity contribution < 1.29 is 22.7 Å². The summed E-state index contributed by atoms with van der Waals surface area (Å²) in [6, 6.07) is 2.01. The third-order valence-corrected chi connectivity index (χ3v) is 6.74. The van der Waals surface area contributed by atoms with Gasteiger partial charge in [0.1, 0.15) is 17.2 Å². The molecule has 2 N–H and O–H groups in total. The summed E-state index contributed by atoms with van der Waals surface area (Å²) in [5, 5.41) is 5.84. The lowest BCUT2D eigenvalue weighted by molar-refractivity contribution is -0.137. The van der Waals surface area contributed by atoms with E-state index in [4.69, 9.17) is 4.74 Å². The molecule has 2 fully saturated rings. The van der Waals surface area contributed by atoms with Gasteiger partial charge < -0.3 is 30.1 Å². The molecule has 0 aromatic carbocycles. The van der Waals surface area contributed by atoms with Crippen molar-refractivity contribution in [3.05, 3.63) is 29.6 Å². The molecule has 13 heteroatoms. The molecule has 4 heterocycles. The summed E-state index contributed by atoms with van der Waals surface area (Å²) in [6.07, 6.45) is -0.657. The molecular formula is C25H35F3N8O2. The SMILES string of the molecule is CCc1cc(N2CCN(C)CC2)ncc1Nc1ncc(C(F)(F)F)c(NCCCN2CCOCCC2=O)n1. The number of anilines is 4. The second-order valence-corrected chi connectivity index (χ2v) is 9.45. The first-order valence-corrected chi connectivity index (χ1v) is 13.0. The minimum Gasteiger partial charge on any atom is -0.379 e. The van der Waals surface area contributed by atoms with Crippen LogP contribution in [0.3, 0.4) is 0 Å². The van der Waals surface area contributed by atoms with Gasteiger partial charge in [-0.15, -0.1) is 0 Å². The third-order valence-electron chi connectivity index (χ3n) is 6.74. The molecule has 2 saturated heterocycles. The normalized spacial score (nSPS) is 17.4. The number of nitrogens with one attached hydrogen (secondary N) is 2. The third kappa shape index (κ3) is 7.22. The zero-order valence-corrected chi connectivity index (χ0v) is 21.9. The van der Waals surface area contributed by atoms with Crippen LogP contribution < -0.4 is 15.5 Å². The minimum absolute atomic E-state index is 0.00835. The molecule has 0 bridgehead atoms. The fourth-order valence-corrected chi connectivity index (χ4v) is 4.44. The van der Waals surface area contributed by atoms with Crippen LogP contribution in [0.25, 0.3) is 0 Å². The number of pyridine rings is 1. The molecule has 2 aromatic rings. The van der Waals surface area contributed by atoms with Gasteiger partial charge in [-0.25, -0.2) is 9.97 Å². The van der Waals surface area contributed by atoms with Crippen LogP contribution in [0.15, 0.2) is 18.5 Å². The number of aryl methyl sites for hydroxylation is 1. The van der Waals surface area contributed by atoms with Crippen molar-refractivity contribution >= 4 is 29.2 Å². The maximum Gasteiger partial charge on any atom is 0.421 e. The highest BCUT2D eigenvalue weighted by Gasteiger charge is 2.35. The Balaban J connectivity index is 1.44. The fourth-order valence-electron chi connectivity index (χ4n) is 4.44. The van der Waals surface area contributed by atoms with Crippen LogP contribution in [-0.4, -0.2) is 96.7 Å². The van der Waals surface area contributed by atoms with E-state index in [1.165, 1.54) is 0 Å². The number of hydrogen-bond donors (Lipinski definition) is 2. The summed E-state index contributed by atoms with van der Waals surface area (Å²) in [6.45, 7) is 7.68. The lowest BCUT2D eigenvalue weighted by Crippen LogP contribution is -2.44. The quantitative estimate of drug-likeness (QED) is 0.469. The number of alkyl halides is 3. The summed E-state index contributed by atoms with van der Waals surface area (Å²) < 4.78 is 46.2.